The second-order valence-electron chi connectivity index (χ2n) is 3.85. The number of hydrogen-bond donors (Lipinski definition) is 2. The largest absolute Gasteiger partial charge is 0.332 e. The molecule has 16 heavy (non-hydrogen) atoms. The minimum atomic E-state index is 0.0473. The number of aromatic nitrogens is 1. The van der Waals surface area contributed by atoms with Crippen LogP contribution in [0.25, 0.3) is 0 Å². The third-order valence-electron chi connectivity index (χ3n) is 2.28. The SMILES string of the molecule is Cc1ccc(Nc2ncc(C(C)N)s2)cc1. The van der Waals surface area contributed by atoms with Crippen molar-refractivity contribution in [3.05, 3.63) is 40.9 Å². The van der Waals surface area contributed by atoms with Crippen LogP contribution in [0.15, 0.2) is 30.5 Å². The molecule has 3 N–H and O–H groups in total. The van der Waals surface area contributed by atoms with Crippen LogP contribution < -0.4 is 11.1 Å². The topological polar surface area (TPSA) is 50.9 Å². The van der Waals surface area contributed by atoms with Crippen LogP contribution in [0.3, 0.4) is 0 Å². The molecule has 3 nitrogen and oxygen atoms in total. The number of hydrogen-bond acceptors (Lipinski definition) is 4. The molecular weight excluding hydrogens is 218 g/mol. The molecule has 1 heterocycles. The van der Waals surface area contributed by atoms with Gasteiger partial charge < -0.3 is 11.1 Å². The molecule has 1 unspecified atom stereocenters. The number of nitrogens with one attached hydrogen (secondary N) is 1. The summed E-state index contributed by atoms with van der Waals surface area (Å²) in [4.78, 5) is 5.37. The lowest BCUT2D eigenvalue weighted by Gasteiger charge is -2.02. The fourth-order valence-electron chi connectivity index (χ4n) is 1.32. The van der Waals surface area contributed by atoms with Crippen molar-refractivity contribution < 1.29 is 0 Å². The Kier molecular flexibility index (Phi) is 3.22. The highest BCUT2D eigenvalue weighted by Gasteiger charge is 2.05. The predicted octanol–water partition coefficient (Wildman–Crippen LogP) is 3.21. The first-order valence-electron chi connectivity index (χ1n) is 5.20. The van der Waals surface area contributed by atoms with Gasteiger partial charge in [0.25, 0.3) is 0 Å². The van der Waals surface area contributed by atoms with Crippen molar-refractivity contribution in [2.75, 3.05) is 5.32 Å². The molecule has 0 aliphatic rings. The molecule has 0 saturated heterocycles. The summed E-state index contributed by atoms with van der Waals surface area (Å²) in [6.45, 7) is 4.03. The molecule has 1 aromatic carbocycles. The van der Waals surface area contributed by atoms with Gasteiger partial charge in [0.05, 0.1) is 0 Å². The van der Waals surface area contributed by atoms with Crippen LogP contribution in [-0.4, -0.2) is 4.98 Å². The van der Waals surface area contributed by atoms with E-state index in [1.807, 2.05) is 25.3 Å². The fraction of sp³-hybridized carbons (Fsp3) is 0.250. The minimum absolute atomic E-state index is 0.0473. The molecule has 0 spiro atoms. The first-order valence-corrected chi connectivity index (χ1v) is 6.02. The van der Waals surface area contributed by atoms with Crippen molar-refractivity contribution in [3.8, 4) is 0 Å². The predicted molar refractivity (Wildman–Crippen MR) is 69.2 cm³/mol. The zero-order chi connectivity index (χ0) is 11.5. The van der Waals surface area contributed by atoms with Crippen molar-refractivity contribution in [3.63, 3.8) is 0 Å². The number of nitrogens with two attached hydrogens (primary N) is 1. The Morgan fingerprint density at radius 1 is 1.31 bits per heavy atom. The lowest BCUT2D eigenvalue weighted by Crippen LogP contribution is -2.01. The first kappa shape index (κ1) is 11.1. The van der Waals surface area contributed by atoms with Crippen molar-refractivity contribution in [1.82, 2.24) is 4.98 Å². The van der Waals surface area contributed by atoms with Crippen molar-refractivity contribution >= 4 is 22.2 Å². The quantitative estimate of drug-likeness (QED) is 0.855. The molecule has 0 radical (unpaired) electrons. The number of aryl methyl sites for hydroxylation is 1. The molecule has 0 fully saturated rings. The number of benzene rings is 1. The summed E-state index contributed by atoms with van der Waals surface area (Å²) in [6, 6.07) is 8.28. The molecule has 2 rings (SSSR count). The molecule has 1 aromatic heterocycles. The molecule has 0 aliphatic carbocycles. The van der Waals surface area contributed by atoms with Gasteiger partial charge in [0.2, 0.25) is 0 Å². The first-order chi connectivity index (χ1) is 7.65. The second-order valence-corrected chi connectivity index (χ2v) is 4.91. The lowest BCUT2D eigenvalue weighted by atomic mass is 10.2. The van der Waals surface area contributed by atoms with Gasteiger partial charge in [-0.2, -0.15) is 0 Å². The Hall–Kier alpha value is -1.39. The summed E-state index contributed by atoms with van der Waals surface area (Å²) in [5, 5.41) is 4.14. The molecule has 0 bridgehead atoms. The average Bonchev–Trinajstić information content (AvgIpc) is 2.70. The summed E-state index contributed by atoms with van der Waals surface area (Å²) in [7, 11) is 0. The number of thiazole rings is 1. The molecule has 1 atom stereocenters. The van der Waals surface area contributed by atoms with Gasteiger partial charge in [0.1, 0.15) is 0 Å². The van der Waals surface area contributed by atoms with Crippen LogP contribution in [0.2, 0.25) is 0 Å². The Bertz CT molecular complexity index is 459. The van der Waals surface area contributed by atoms with Gasteiger partial charge in [-0.25, -0.2) is 4.98 Å². The summed E-state index contributed by atoms with van der Waals surface area (Å²) < 4.78 is 0. The highest BCUT2D eigenvalue weighted by atomic mass is 32.1. The molecule has 0 saturated carbocycles. The van der Waals surface area contributed by atoms with Crippen molar-refractivity contribution in [1.29, 1.82) is 0 Å². The van der Waals surface area contributed by atoms with Gasteiger partial charge in [0, 0.05) is 22.8 Å². The monoisotopic (exact) mass is 233 g/mol. The highest BCUT2D eigenvalue weighted by Crippen LogP contribution is 2.25. The molecule has 0 aliphatic heterocycles. The van der Waals surface area contributed by atoms with Gasteiger partial charge >= 0.3 is 0 Å². The van der Waals surface area contributed by atoms with Crippen LogP contribution in [0.5, 0.6) is 0 Å². The highest BCUT2D eigenvalue weighted by molar-refractivity contribution is 7.15. The standard InChI is InChI=1S/C12H15N3S/c1-8-3-5-10(6-4-8)15-12-14-7-11(16-12)9(2)13/h3-7,9H,13H2,1-2H3,(H,14,15). The Labute approximate surface area is 99.3 Å². The molecular formula is C12H15N3S. The zero-order valence-corrected chi connectivity index (χ0v) is 10.2. The van der Waals surface area contributed by atoms with E-state index < -0.39 is 0 Å². The smallest absolute Gasteiger partial charge is 0.187 e. The van der Waals surface area contributed by atoms with E-state index in [1.165, 1.54) is 5.56 Å². The van der Waals surface area contributed by atoms with Gasteiger partial charge in [-0.15, -0.1) is 11.3 Å². The summed E-state index contributed by atoms with van der Waals surface area (Å²) in [6.07, 6.45) is 1.83. The number of anilines is 2. The van der Waals surface area contributed by atoms with Crippen LogP contribution in [0.4, 0.5) is 10.8 Å². The van der Waals surface area contributed by atoms with Crippen LogP contribution >= 0.6 is 11.3 Å². The number of nitrogens with zero attached hydrogens (tertiary/aromatic N) is 1. The van der Waals surface area contributed by atoms with E-state index in [1.54, 1.807) is 11.3 Å². The van der Waals surface area contributed by atoms with E-state index in [-0.39, 0.29) is 6.04 Å². The fourth-order valence-corrected chi connectivity index (χ4v) is 2.10. The van der Waals surface area contributed by atoms with E-state index in [0.29, 0.717) is 0 Å². The van der Waals surface area contributed by atoms with E-state index in [0.717, 1.165) is 15.7 Å². The number of rotatable bonds is 3. The molecule has 4 heteroatoms. The van der Waals surface area contributed by atoms with Crippen LogP contribution in [0.1, 0.15) is 23.4 Å². The van der Waals surface area contributed by atoms with E-state index in [9.17, 15) is 0 Å². The third kappa shape index (κ3) is 2.59. The van der Waals surface area contributed by atoms with Crippen LogP contribution in [0, 0.1) is 6.92 Å². The molecule has 84 valence electrons. The molecule has 2 aromatic rings. The van der Waals surface area contributed by atoms with Gasteiger partial charge in [-0.3, -0.25) is 0 Å². The van der Waals surface area contributed by atoms with Crippen molar-refractivity contribution in [2.45, 2.75) is 19.9 Å². The van der Waals surface area contributed by atoms with E-state index in [4.69, 9.17) is 5.73 Å². The molecule has 0 amide bonds. The van der Waals surface area contributed by atoms with Gasteiger partial charge in [-0.1, -0.05) is 17.7 Å². The normalized spacial score (nSPS) is 12.4. The Morgan fingerprint density at radius 3 is 2.56 bits per heavy atom. The van der Waals surface area contributed by atoms with E-state index >= 15 is 0 Å². The van der Waals surface area contributed by atoms with Gasteiger partial charge in [0.15, 0.2) is 5.13 Å². The van der Waals surface area contributed by atoms with E-state index in [2.05, 4.69) is 29.4 Å². The Morgan fingerprint density at radius 2 is 2.00 bits per heavy atom. The third-order valence-corrected chi connectivity index (χ3v) is 3.39. The maximum Gasteiger partial charge on any atom is 0.187 e. The van der Waals surface area contributed by atoms with Gasteiger partial charge in [-0.05, 0) is 26.0 Å². The Balaban J connectivity index is 2.11. The zero-order valence-electron chi connectivity index (χ0n) is 9.40. The minimum Gasteiger partial charge on any atom is -0.332 e. The summed E-state index contributed by atoms with van der Waals surface area (Å²) in [5.74, 6) is 0. The second kappa shape index (κ2) is 4.63. The van der Waals surface area contributed by atoms with Crippen molar-refractivity contribution in [2.24, 2.45) is 5.73 Å². The maximum absolute atomic E-state index is 5.78. The average molecular weight is 233 g/mol. The van der Waals surface area contributed by atoms with Crippen LogP contribution in [-0.2, 0) is 0 Å². The summed E-state index contributed by atoms with van der Waals surface area (Å²) in [5.41, 5.74) is 8.09. The lowest BCUT2D eigenvalue weighted by molar-refractivity contribution is 0.835. The summed E-state index contributed by atoms with van der Waals surface area (Å²) >= 11 is 1.59. The maximum atomic E-state index is 5.78.